The van der Waals surface area contributed by atoms with Gasteiger partial charge in [-0.1, -0.05) is 6.07 Å². The van der Waals surface area contributed by atoms with Crippen molar-refractivity contribution < 1.29 is 18.6 Å². The van der Waals surface area contributed by atoms with E-state index < -0.39 is 0 Å². The van der Waals surface area contributed by atoms with Gasteiger partial charge in [0.25, 0.3) is 0 Å². The molecule has 1 aromatic carbocycles. The van der Waals surface area contributed by atoms with Crippen LogP contribution >= 0.6 is 0 Å². The molecule has 16 heavy (non-hydrogen) atoms. The highest BCUT2D eigenvalue weighted by Crippen LogP contribution is 2.38. The molecule has 0 aliphatic carbocycles. The normalized spacial score (nSPS) is 9.88. The standard InChI is InChI=1S/C11H11NO4/c1-13-8-4-3-5-9(11(8)14-2)16-10-6-12-7-15-10/h3-7H,1-2H3. The van der Waals surface area contributed by atoms with Crippen LogP contribution < -0.4 is 14.2 Å². The number of ether oxygens (including phenoxy) is 3. The summed E-state index contributed by atoms with van der Waals surface area (Å²) in [6, 6.07) is 5.34. The third-order valence-electron chi connectivity index (χ3n) is 1.99. The molecule has 1 heterocycles. The molecule has 5 nitrogen and oxygen atoms in total. The van der Waals surface area contributed by atoms with Crippen LogP contribution in [-0.4, -0.2) is 19.2 Å². The zero-order valence-corrected chi connectivity index (χ0v) is 8.97. The maximum absolute atomic E-state index is 5.45. The number of rotatable bonds is 4. The van der Waals surface area contributed by atoms with E-state index in [2.05, 4.69) is 4.98 Å². The number of methoxy groups -OCH3 is 2. The lowest BCUT2D eigenvalue weighted by Crippen LogP contribution is -1.93. The molecule has 84 valence electrons. The number of para-hydroxylation sites is 1. The molecule has 0 amide bonds. The van der Waals surface area contributed by atoms with Gasteiger partial charge in [-0.2, -0.15) is 0 Å². The molecule has 0 aliphatic heterocycles. The molecular weight excluding hydrogens is 210 g/mol. The van der Waals surface area contributed by atoms with E-state index in [9.17, 15) is 0 Å². The smallest absolute Gasteiger partial charge is 0.310 e. The Kier molecular flexibility index (Phi) is 2.95. The van der Waals surface area contributed by atoms with Crippen LogP contribution in [0.1, 0.15) is 0 Å². The number of benzene rings is 1. The predicted octanol–water partition coefficient (Wildman–Crippen LogP) is 2.48. The van der Waals surface area contributed by atoms with E-state index in [0.717, 1.165) is 0 Å². The van der Waals surface area contributed by atoms with Crippen molar-refractivity contribution >= 4 is 0 Å². The van der Waals surface area contributed by atoms with Crippen molar-refractivity contribution in [1.82, 2.24) is 4.98 Å². The topological polar surface area (TPSA) is 53.7 Å². The molecule has 0 bridgehead atoms. The summed E-state index contributed by atoms with van der Waals surface area (Å²) >= 11 is 0. The first-order chi connectivity index (χ1) is 7.85. The molecule has 0 radical (unpaired) electrons. The van der Waals surface area contributed by atoms with Crippen molar-refractivity contribution in [2.75, 3.05) is 14.2 Å². The highest BCUT2D eigenvalue weighted by atomic mass is 16.6. The lowest BCUT2D eigenvalue weighted by atomic mass is 10.3. The van der Waals surface area contributed by atoms with Crippen molar-refractivity contribution in [2.45, 2.75) is 0 Å². The van der Waals surface area contributed by atoms with E-state index in [0.29, 0.717) is 23.2 Å². The zero-order valence-electron chi connectivity index (χ0n) is 8.97. The minimum absolute atomic E-state index is 0.298. The van der Waals surface area contributed by atoms with Crippen molar-refractivity contribution in [2.24, 2.45) is 0 Å². The molecule has 2 aromatic rings. The van der Waals surface area contributed by atoms with Crippen molar-refractivity contribution in [3.8, 4) is 23.2 Å². The molecule has 0 saturated heterocycles. The van der Waals surface area contributed by atoms with Gasteiger partial charge in [-0.15, -0.1) is 0 Å². The van der Waals surface area contributed by atoms with Crippen LogP contribution in [0.4, 0.5) is 0 Å². The van der Waals surface area contributed by atoms with Gasteiger partial charge < -0.3 is 18.6 Å². The lowest BCUT2D eigenvalue weighted by Gasteiger charge is -2.11. The molecule has 0 fully saturated rings. The summed E-state index contributed by atoms with van der Waals surface area (Å²) in [7, 11) is 3.11. The van der Waals surface area contributed by atoms with E-state index in [1.807, 2.05) is 0 Å². The van der Waals surface area contributed by atoms with Crippen LogP contribution in [0.25, 0.3) is 0 Å². The van der Waals surface area contributed by atoms with Gasteiger partial charge in [0.15, 0.2) is 17.9 Å². The first-order valence-corrected chi connectivity index (χ1v) is 4.62. The molecule has 0 spiro atoms. The van der Waals surface area contributed by atoms with Crippen LogP contribution in [-0.2, 0) is 0 Å². The molecule has 1 aromatic heterocycles. The Labute approximate surface area is 92.6 Å². The Morgan fingerprint density at radius 2 is 1.94 bits per heavy atom. The summed E-state index contributed by atoms with van der Waals surface area (Å²) in [5.41, 5.74) is 0. The molecule has 0 saturated carbocycles. The average Bonchev–Trinajstić information content (AvgIpc) is 2.81. The Bertz CT molecular complexity index is 453. The molecular formula is C11H11NO4. The largest absolute Gasteiger partial charge is 0.493 e. The summed E-state index contributed by atoms with van der Waals surface area (Å²) in [6.07, 6.45) is 2.76. The Morgan fingerprint density at radius 3 is 2.56 bits per heavy atom. The third kappa shape index (κ3) is 1.93. The molecule has 0 unspecified atom stereocenters. The van der Waals surface area contributed by atoms with Gasteiger partial charge in [0.2, 0.25) is 5.75 Å². The number of aromatic nitrogens is 1. The van der Waals surface area contributed by atoms with Crippen LogP contribution in [0.15, 0.2) is 35.2 Å². The van der Waals surface area contributed by atoms with Gasteiger partial charge in [0, 0.05) is 0 Å². The summed E-state index contributed by atoms with van der Waals surface area (Å²) < 4.78 is 20.8. The number of hydrogen-bond donors (Lipinski definition) is 0. The maximum atomic E-state index is 5.45. The highest BCUT2D eigenvalue weighted by Gasteiger charge is 2.12. The summed E-state index contributed by atoms with van der Waals surface area (Å²) in [5.74, 6) is 1.92. The molecule has 5 heteroatoms. The van der Waals surface area contributed by atoms with Gasteiger partial charge in [0.05, 0.1) is 14.2 Å². The van der Waals surface area contributed by atoms with Gasteiger partial charge in [-0.05, 0) is 12.1 Å². The van der Waals surface area contributed by atoms with E-state index in [1.54, 1.807) is 32.4 Å². The second-order valence-electron chi connectivity index (χ2n) is 2.91. The van der Waals surface area contributed by atoms with Gasteiger partial charge >= 0.3 is 5.95 Å². The van der Waals surface area contributed by atoms with Crippen LogP contribution in [0.3, 0.4) is 0 Å². The second kappa shape index (κ2) is 4.57. The van der Waals surface area contributed by atoms with Gasteiger partial charge in [0.1, 0.15) is 6.20 Å². The molecule has 0 atom stereocenters. The van der Waals surface area contributed by atoms with Crippen molar-refractivity contribution in [1.29, 1.82) is 0 Å². The maximum Gasteiger partial charge on any atom is 0.310 e. The fourth-order valence-corrected chi connectivity index (χ4v) is 1.30. The van der Waals surface area contributed by atoms with Gasteiger partial charge in [-0.3, -0.25) is 0 Å². The number of nitrogens with zero attached hydrogens (tertiary/aromatic N) is 1. The Morgan fingerprint density at radius 1 is 1.12 bits per heavy atom. The van der Waals surface area contributed by atoms with Gasteiger partial charge in [-0.25, -0.2) is 4.98 Å². The summed E-state index contributed by atoms with van der Waals surface area (Å²) in [4.78, 5) is 3.75. The first-order valence-electron chi connectivity index (χ1n) is 4.62. The molecule has 2 rings (SSSR count). The molecule has 0 aliphatic rings. The average molecular weight is 221 g/mol. The fourth-order valence-electron chi connectivity index (χ4n) is 1.30. The second-order valence-corrected chi connectivity index (χ2v) is 2.91. The first kappa shape index (κ1) is 10.4. The minimum Gasteiger partial charge on any atom is -0.493 e. The van der Waals surface area contributed by atoms with Crippen LogP contribution in [0.5, 0.6) is 23.2 Å². The van der Waals surface area contributed by atoms with E-state index >= 15 is 0 Å². The van der Waals surface area contributed by atoms with Crippen LogP contribution in [0.2, 0.25) is 0 Å². The van der Waals surface area contributed by atoms with Crippen LogP contribution in [0, 0.1) is 0 Å². The minimum atomic E-state index is 0.298. The van der Waals surface area contributed by atoms with E-state index in [-0.39, 0.29) is 0 Å². The summed E-state index contributed by atoms with van der Waals surface area (Å²) in [6.45, 7) is 0. The highest BCUT2D eigenvalue weighted by molar-refractivity contribution is 5.51. The third-order valence-corrected chi connectivity index (χ3v) is 1.99. The van der Waals surface area contributed by atoms with E-state index in [1.165, 1.54) is 12.6 Å². The lowest BCUT2D eigenvalue weighted by molar-refractivity contribution is 0.307. The Hall–Kier alpha value is -2.17. The predicted molar refractivity (Wildman–Crippen MR) is 56.1 cm³/mol. The molecule has 0 N–H and O–H groups in total. The zero-order chi connectivity index (χ0) is 11.4. The Balaban J connectivity index is 2.33. The SMILES string of the molecule is COc1cccc(Oc2cnco2)c1OC. The fraction of sp³-hybridized carbons (Fsp3) is 0.182. The monoisotopic (exact) mass is 221 g/mol. The van der Waals surface area contributed by atoms with E-state index in [4.69, 9.17) is 18.6 Å². The summed E-state index contributed by atoms with van der Waals surface area (Å²) in [5, 5.41) is 0. The van der Waals surface area contributed by atoms with Crippen molar-refractivity contribution in [3.63, 3.8) is 0 Å². The quantitative estimate of drug-likeness (QED) is 0.793. The number of hydrogen-bond acceptors (Lipinski definition) is 5. The van der Waals surface area contributed by atoms with Crippen molar-refractivity contribution in [3.05, 3.63) is 30.8 Å². The number of oxazole rings is 1.